The van der Waals surface area contributed by atoms with Crippen LogP contribution < -0.4 is 0 Å². The Morgan fingerprint density at radius 3 is 2.69 bits per heavy atom. The number of carbonyl (C=O) groups is 3. The number of carbonyl (C=O) groups excluding carboxylic acids is 2. The molecule has 0 aliphatic carbocycles. The van der Waals surface area contributed by atoms with E-state index in [4.69, 9.17) is 5.11 Å². The van der Waals surface area contributed by atoms with E-state index in [-0.39, 0.29) is 0 Å². The molecule has 0 spiro atoms. The van der Waals surface area contributed by atoms with Crippen LogP contribution >= 0.6 is 11.8 Å². The first-order chi connectivity index (χ1) is 6.04. The smallest absolute Gasteiger partial charge is 0.326 e. The topological polar surface area (TPSA) is 74.7 Å². The van der Waals surface area contributed by atoms with Crippen LogP contribution in [0.25, 0.3) is 0 Å². The Morgan fingerprint density at radius 1 is 1.62 bits per heavy atom. The molecule has 1 saturated heterocycles. The van der Waals surface area contributed by atoms with Crippen LogP contribution in [0, 0.1) is 0 Å². The molecule has 13 heavy (non-hydrogen) atoms. The summed E-state index contributed by atoms with van der Waals surface area (Å²) >= 11 is 1.06. The summed E-state index contributed by atoms with van der Waals surface area (Å²) < 4.78 is 0. The standard InChI is InChI=1S/C7H9NO4S/c1-4(9)8-2-3-13-5(6(8)10)7(11)12/h5H,2-3H2,1H3,(H,11,12). The Balaban J connectivity index is 2.77. The van der Waals surface area contributed by atoms with E-state index in [1.165, 1.54) is 6.92 Å². The van der Waals surface area contributed by atoms with E-state index in [2.05, 4.69) is 0 Å². The molecule has 5 nitrogen and oxygen atoms in total. The molecular weight excluding hydrogens is 194 g/mol. The van der Waals surface area contributed by atoms with Crippen LogP contribution in [0.2, 0.25) is 0 Å². The third-order valence-electron chi connectivity index (χ3n) is 1.69. The Hall–Kier alpha value is -1.04. The van der Waals surface area contributed by atoms with E-state index in [9.17, 15) is 14.4 Å². The Morgan fingerprint density at radius 2 is 2.23 bits per heavy atom. The average molecular weight is 203 g/mol. The quantitative estimate of drug-likeness (QED) is 0.585. The maximum atomic E-state index is 11.3. The molecule has 1 aliphatic heterocycles. The van der Waals surface area contributed by atoms with Crippen molar-refractivity contribution in [1.29, 1.82) is 0 Å². The predicted octanol–water partition coefficient (Wildman–Crippen LogP) is -0.439. The van der Waals surface area contributed by atoms with Crippen molar-refractivity contribution >= 4 is 29.5 Å². The molecule has 0 bridgehead atoms. The second-order valence-electron chi connectivity index (χ2n) is 2.60. The van der Waals surface area contributed by atoms with Crippen LogP contribution in [0.3, 0.4) is 0 Å². The number of amides is 2. The molecule has 0 aromatic carbocycles. The largest absolute Gasteiger partial charge is 0.480 e. The molecule has 1 heterocycles. The fourth-order valence-electron chi connectivity index (χ4n) is 1.07. The third-order valence-corrected chi connectivity index (χ3v) is 2.85. The summed E-state index contributed by atoms with van der Waals surface area (Å²) in [6, 6.07) is 0. The van der Waals surface area contributed by atoms with Gasteiger partial charge in [-0.25, -0.2) is 0 Å². The number of nitrogens with zero attached hydrogens (tertiary/aromatic N) is 1. The molecular formula is C7H9NO4S. The van der Waals surface area contributed by atoms with Crippen molar-refractivity contribution < 1.29 is 19.5 Å². The molecule has 1 rings (SSSR count). The lowest BCUT2D eigenvalue weighted by molar-refractivity contribution is -0.147. The SMILES string of the molecule is CC(=O)N1CCSC(C(=O)O)C1=O. The second-order valence-corrected chi connectivity index (χ2v) is 3.81. The zero-order valence-electron chi connectivity index (χ0n) is 7.02. The lowest BCUT2D eigenvalue weighted by atomic mass is 10.3. The van der Waals surface area contributed by atoms with Crippen LogP contribution in [-0.4, -0.2) is 45.3 Å². The summed E-state index contributed by atoms with van der Waals surface area (Å²) in [7, 11) is 0. The van der Waals surface area contributed by atoms with Gasteiger partial charge in [0.2, 0.25) is 5.91 Å². The number of thioether (sulfide) groups is 1. The van der Waals surface area contributed by atoms with Crippen LogP contribution in [0.5, 0.6) is 0 Å². The molecule has 1 aliphatic rings. The minimum Gasteiger partial charge on any atom is -0.480 e. The number of rotatable bonds is 1. The number of carboxylic acid groups (broad SMARTS) is 1. The van der Waals surface area contributed by atoms with E-state index in [1.807, 2.05) is 0 Å². The van der Waals surface area contributed by atoms with Gasteiger partial charge in [0, 0.05) is 19.2 Å². The van der Waals surface area contributed by atoms with Crippen LogP contribution in [-0.2, 0) is 14.4 Å². The maximum absolute atomic E-state index is 11.3. The first kappa shape index (κ1) is 10.0. The Kier molecular flexibility index (Phi) is 2.92. The average Bonchev–Trinajstić information content (AvgIpc) is 2.03. The molecule has 6 heteroatoms. The molecule has 0 aromatic rings. The van der Waals surface area contributed by atoms with E-state index < -0.39 is 23.0 Å². The number of hydrogen-bond acceptors (Lipinski definition) is 4. The van der Waals surface area contributed by atoms with E-state index in [0.29, 0.717) is 12.3 Å². The van der Waals surface area contributed by atoms with E-state index in [0.717, 1.165) is 16.7 Å². The summed E-state index contributed by atoms with van der Waals surface area (Å²) in [5.41, 5.74) is 0. The monoisotopic (exact) mass is 203 g/mol. The fraction of sp³-hybridized carbons (Fsp3) is 0.571. The van der Waals surface area contributed by atoms with Crippen LogP contribution in [0.15, 0.2) is 0 Å². The molecule has 0 radical (unpaired) electrons. The van der Waals surface area contributed by atoms with Gasteiger partial charge in [-0.15, -0.1) is 11.8 Å². The lowest BCUT2D eigenvalue weighted by Gasteiger charge is -2.27. The number of carboxylic acids is 1. The highest BCUT2D eigenvalue weighted by Crippen LogP contribution is 2.20. The first-order valence-electron chi connectivity index (χ1n) is 3.70. The molecule has 1 atom stereocenters. The summed E-state index contributed by atoms with van der Waals surface area (Å²) in [4.78, 5) is 33.7. The lowest BCUT2D eigenvalue weighted by Crippen LogP contribution is -2.48. The van der Waals surface area contributed by atoms with Gasteiger partial charge in [0.25, 0.3) is 5.91 Å². The highest BCUT2D eigenvalue weighted by atomic mass is 32.2. The van der Waals surface area contributed by atoms with Crippen molar-refractivity contribution in [1.82, 2.24) is 4.90 Å². The molecule has 0 aromatic heterocycles. The van der Waals surface area contributed by atoms with E-state index in [1.54, 1.807) is 0 Å². The number of aliphatic carboxylic acids is 1. The van der Waals surface area contributed by atoms with Crippen molar-refractivity contribution in [3.63, 3.8) is 0 Å². The van der Waals surface area contributed by atoms with Crippen molar-refractivity contribution in [2.45, 2.75) is 12.2 Å². The van der Waals surface area contributed by atoms with Gasteiger partial charge >= 0.3 is 5.97 Å². The first-order valence-corrected chi connectivity index (χ1v) is 4.75. The van der Waals surface area contributed by atoms with Gasteiger partial charge < -0.3 is 5.11 Å². The van der Waals surface area contributed by atoms with Crippen molar-refractivity contribution in [2.24, 2.45) is 0 Å². The van der Waals surface area contributed by atoms with Crippen LogP contribution in [0.1, 0.15) is 6.92 Å². The number of imide groups is 1. The zero-order chi connectivity index (χ0) is 10.0. The zero-order valence-corrected chi connectivity index (χ0v) is 7.84. The minimum absolute atomic E-state index is 0.308. The van der Waals surface area contributed by atoms with Crippen LogP contribution in [0.4, 0.5) is 0 Å². The summed E-state index contributed by atoms with van der Waals surface area (Å²) in [6.45, 7) is 1.56. The van der Waals surface area contributed by atoms with Gasteiger partial charge in [0.05, 0.1) is 0 Å². The van der Waals surface area contributed by atoms with Gasteiger partial charge in [-0.05, 0) is 0 Å². The van der Waals surface area contributed by atoms with Gasteiger partial charge in [-0.1, -0.05) is 0 Å². The molecule has 0 saturated carbocycles. The van der Waals surface area contributed by atoms with Crippen molar-refractivity contribution in [3.8, 4) is 0 Å². The van der Waals surface area contributed by atoms with Gasteiger partial charge in [-0.2, -0.15) is 0 Å². The maximum Gasteiger partial charge on any atom is 0.326 e. The van der Waals surface area contributed by atoms with E-state index >= 15 is 0 Å². The highest BCUT2D eigenvalue weighted by Gasteiger charge is 2.36. The molecule has 1 fully saturated rings. The molecule has 1 N–H and O–H groups in total. The van der Waals surface area contributed by atoms with Crippen molar-refractivity contribution in [2.75, 3.05) is 12.3 Å². The molecule has 2 amide bonds. The molecule has 1 unspecified atom stereocenters. The normalized spacial score (nSPS) is 23.0. The Bertz CT molecular complexity index is 241. The predicted molar refractivity (Wildman–Crippen MR) is 46.3 cm³/mol. The summed E-state index contributed by atoms with van der Waals surface area (Å²) in [5.74, 6) is -1.70. The molecule has 72 valence electrons. The van der Waals surface area contributed by atoms with Crippen molar-refractivity contribution in [3.05, 3.63) is 0 Å². The third kappa shape index (κ3) is 2.00. The minimum atomic E-state index is -1.18. The summed E-state index contributed by atoms with van der Waals surface area (Å²) in [5, 5.41) is 7.52. The van der Waals surface area contributed by atoms with Gasteiger partial charge in [0.1, 0.15) is 0 Å². The number of hydrogen-bond donors (Lipinski definition) is 1. The van der Waals surface area contributed by atoms with Gasteiger partial charge in [-0.3, -0.25) is 19.3 Å². The van der Waals surface area contributed by atoms with Gasteiger partial charge in [0.15, 0.2) is 5.25 Å². The second kappa shape index (κ2) is 3.78. The highest BCUT2D eigenvalue weighted by molar-refractivity contribution is 8.01. The Labute approximate surface area is 79.1 Å². The summed E-state index contributed by atoms with van der Waals surface area (Å²) in [6.07, 6.45) is 0. The fourth-order valence-corrected chi connectivity index (χ4v) is 2.01.